The molecule has 32 heavy (non-hydrogen) atoms. The molecule has 0 aliphatic heterocycles. The Bertz CT molecular complexity index is 990. The van der Waals surface area contributed by atoms with Crippen LogP contribution in [0.4, 0.5) is 21.9 Å². The number of aliphatic carboxylic acids is 1. The van der Waals surface area contributed by atoms with Crippen LogP contribution in [0.25, 0.3) is 0 Å². The van der Waals surface area contributed by atoms with E-state index in [0.717, 1.165) is 4.90 Å². The molecular formula is C22H27N5O5. The van der Waals surface area contributed by atoms with Crippen LogP contribution in [0.3, 0.4) is 0 Å². The van der Waals surface area contributed by atoms with Gasteiger partial charge in [-0.2, -0.15) is 0 Å². The van der Waals surface area contributed by atoms with E-state index >= 15 is 0 Å². The van der Waals surface area contributed by atoms with Crippen molar-refractivity contribution in [2.45, 2.75) is 26.8 Å². The quantitative estimate of drug-likeness (QED) is 0.310. The maximum absolute atomic E-state index is 12.5. The lowest BCUT2D eigenvalue weighted by Gasteiger charge is -2.26. The molecule has 0 unspecified atom stereocenters. The van der Waals surface area contributed by atoms with Crippen molar-refractivity contribution >= 4 is 41.0 Å². The van der Waals surface area contributed by atoms with Gasteiger partial charge in [0.05, 0.1) is 6.61 Å². The number of amides is 2. The van der Waals surface area contributed by atoms with Crippen LogP contribution in [0.15, 0.2) is 48.5 Å². The van der Waals surface area contributed by atoms with Crippen LogP contribution in [0, 0.1) is 11.3 Å². The van der Waals surface area contributed by atoms with Crippen molar-refractivity contribution in [1.82, 2.24) is 0 Å². The minimum Gasteiger partial charge on any atom is -0.480 e. The number of benzene rings is 2. The Morgan fingerprint density at radius 3 is 2.28 bits per heavy atom. The molecular weight excluding hydrogens is 414 g/mol. The van der Waals surface area contributed by atoms with Crippen molar-refractivity contribution < 1.29 is 24.2 Å². The van der Waals surface area contributed by atoms with Crippen LogP contribution in [0.2, 0.25) is 0 Å². The van der Waals surface area contributed by atoms with E-state index in [9.17, 15) is 19.5 Å². The van der Waals surface area contributed by atoms with Gasteiger partial charge in [-0.3, -0.25) is 15.1 Å². The number of carboxylic acids is 1. The first-order valence-corrected chi connectivity index (χ1v) is 9.89. The van der Waals surface area contributed by atoms with Crippen LogP contribution in [0.1, 0.15) is 31.1 Å². The van der Waals surface area contributed by atoms with Gasteiger partial charge in [0.2, 0.25) is 0 Å². The number of anilines is 3. The van der Waals surface area contributed by atoms with E-state index in [2.05, 4.69) is 10.6 Å². The second-order valence-corrected chi connectivity index (χ2v) is 7.48. The van der Waals surface area contributed by atoms with E-state index < -0.39 is 24.0 Å². The molecule has 0 aliphatic rings. The van der Waals surface area contributed by atoms with Crippen LogP contribution in [-0.2, 0) is 9.53 Å². The minimum absolute atomic E-state index is 0.0997. The largest absolute Gasteiger partial charge is 0.480 e. The molecule has 10 heteroatoms. The summed E-state index contributed by atoms with van der Waals surface area (Å²) in [5, 5.41) is 22.0. The van der Waals surface area contributed by atoms with Gasteiger partial charge < -0.3 is 26.2 Å². The third-order valence-corrected chi connectivity index (χ3v) is 4.29. The number of guanidine groups is 1. The first-order chi connectivity index (χ1) is 15.1. The van der Waals surface area contributed by atoms with Gasteiger partial charge in [0.25, 0.3) is 5.91 Å². The fourth-order valence-electron chi connectivity index (χ4n) is 2.71. The fourth-order valence-corrected chi connectivity index (χ4v) is 2.71. The number of carboxylic acid groups (broad SMARTS) is 1. The summed E-state index contributed by atoms with van der Waals surface area (Å²) in [5.41, 5.74) is 6.92. The molecule has 0 spiro atoms. The fraction of sp³-hybridized carbons (Fsp3) is 0.273. The Morgan fingerprint density at radius 1 is 1.06 bits per heavy atom. The Labute approximate surface area is 185 Å². The van der Waals surface area contributed by atoms with Gasteiger partial charge >= 0.3 is 12.1 Å². The first kappa shape index (κ1) is 24.2. The Balaban J connectivity index is 2.17. The van der Waals surface area contributed by atoms with Crippen LogP contribution >= 0.6 is 0 Å². The maximum Gasteiger partial charge on any atom is 0.415 e. The molecule has 0 aliphatic carbocycles. The van der Waals surface area contributed by atoms with E-state index in [1.165, 1.54) is 19.1 Å². The van der Waals surface area contributed by atoms with E-state index in [1.54, 1.807) is 36.4 Å². The minimum atomic E-state index is -1.18. The van der Waals surface area contributed by atoms with E-state index in [4.69, 9.17) is 15.9 Å². The van der Waals surface area contributed by atoms with Crippen molar-refractivity contribution in [2.24, 2.45) is 11.7 Å². The second kappa shape index (κ2) is 10.8. The summed E-state index contributed by atoms with van der Waals surface area (Å²) in [5.74, 6) is -1.71. The second-order valence-electron chi connectivity index (χ2n) is 7.48. The number of nitrogens with two attached hydrogens (primary N) is 1. The summed E-state index contributed by atoms with van der Waals surface area (Å²) < 4.78 is 5.21. The third-order valence-electron chi connectivity index (χ3n) is 4.29. The molecule has 0 heterocycles. The normalized spacial score (nSPS) is 11.4. The molecule has 0 fully saturated rings. The maximum atomic E-state index is 12.5. The monoisotopic (exact) mass is 441 g/mol. The number of nitrogens with zero attached hydrogens (tertiary/aromatic N) is 1. The molecule has 0 bridgehead atoms. The smallest absolute Gasteiger partial charge is 0.415 e. The average Bonchev–Trinajstić information content (AvgIpc) is 2.73. The summed E-state index contributed by atoms with van der Waals surface area (Å²) in [6.45, 7) is 5.30. The summed E-state index contributed by atoms with van der Waals surface area (Å²) >= 11 is 0. The molecule has 6 N–H and O–H groups in total. The van der Waals surface area contributed by atoms with Crippen molar-refractivity contribution in [1.29, 1.82) is 5.41 Å². The highest BCUT2D eigenvalue weighted by atomic mass is 16.6. The van der Waals surface area contributed by atoms with Crippen LogP contribution in [-0.4, -0.2) is 41.7 Å². The number of nitrogens with one attached hydrogen (secondary N) is 3. The number of hydrogen-bond donors (Lipinski definition) is 5. The highest BCUT2D eigenvalue weighted by Gasteiger charge is 2.28. The Morgan fingerprint density at radius 2 is 1.72 bits per heavy atom. The van der Waals surface area contributed by atoms with Gasteiger partial charge in [-0.25, -0.2) is 9.59 Å². The van der Waals surface area contributed by atoms with E-state index in [0.29, 0.717) is 22.6 Å². The van der Waals surface area contributed by atoms with Gasteiger partial charge in [0.15, 0.2) is 5.96 Å². The molecule has 2 aromatic carbocycles. The Hall–Kier alpha value is -4.08. The Kier molecular flexibility index (Phi) is 8.17. The zero-order valence-corrected chi connectivity index (χ0v) is 18.1. The molecule has 0 saturated carbocycles. The van der Waals surface area contributed by atoms with Gasteiger partial charge in [-0.05, 0) is 55.3 Å². The van der Waals surface area contributed by atoms with Gasteiger partial charge in [0, 0.05) is 22.6 Å². The number of carbonyl (C=O) groups excluding carboxylic acids is 2. The average molecular weight is 441 g/mol. The molecule has 0 saturated heterocycles. The van der Waals surface area contributed by atoms with Gasteiger partial charge in [-0.1, -0.05) is 19.9 Å². The van der Waals surface area contributed by atoms with Crippen LogP contribution < -0.4 is 21.3 Å². The molecule has 0 aromatic heterocycles. The van der Waals surface area contributed by atoms with E-state index in [1.807, 2.05) is 13.8 Å². The van der Waals surface area contributed by atoms with Crippen molar-refractivity contribution in [3.63, 3.8) is 0 Å². The summed E-state index contributed by atoms with van der Waals surface area (Å²) in [7, 11) is 0. The van der Waals surface area contributed by atoms with Crippen molar-refractivity contribution in [2.75, 3.05) is 22.1 Å². The molecule has 1 atom stereocenters. The number of hydrogen-bond acceptors (Lipinski definition) is 5. The number of ether oxygens (including phenoxy) is 1. The molecule has 170 valence electrons. The molecule has 2 amide bonds. The zero-order valence-electron chi connectivity index (χ0n) is 18.1. The molecule has 0 radical (unpaired) electrons. The third kappa shape index (κ3) is 6.73. The van der Waals surface area contributed by atoms with Gasteiger partial charge in [-0.15, -0.1) is 0 Å². The lowest BCUT2D eigenvalue weighted by atomic mass is 10.1. The lowest BCUT2D eigenvalue weighted by Crippen LogP contribution is -2.44. The summed E-state index contributed by atoms with van der Waals surface area (Å²) in [6, 6.07) is 11.5. The van der Waals surface area contributed by atoms with Gasteiger partial charge in [0.1, 0.15) is 6.04 Å². The zero-order chi connectivity index (χ0) is 23.8. The summed E-state index contributed by atoms with van der Waals surface area (Å²) in [6.07, 6.45) is -0.764. The highest BCUT2D eigenvalue weighted by Crippen LogP contribution is 2.22. The molecule has 10 nitrogen and oxygen atoms in total. The topological polar surface area (TPSA) is 158 Å². The predicted molar refractivity (Wildman–Crippen MR) is 122 cm³/mol. The highest BCUT2D eigenvalue weighted by molar-refractivity contribution is 6.05. The number of carbonyl (C=O) groups is 3. The number of rotatable bonds is 8. The molecule has 2 aromatic rings. The molecule has 2 rings (SSSR count). The lowest BCUT2D eigenvalue weighted by molar-refractivity contribution is -0.138. The first-order valence-electron chi connectivity index (χ1n) is 9.89. The summed E-state index contributed by atoms with van der Waals surface area (Å²) in [4.78, 5) is 37.6. The van der Waals surface area contributed by atoms with Crippen molar-refractivity contribution in [3.8, 4) is 0 Å². The van der Waals surface area contributed by atoms with E-state index in [-0.39, 0.29) is 18.5 Å². The standard InChI is InChI=1S/C22H27N5O5/c1-13(2)12-32-22(31)27(14(3)20(29)30)18-9-7-16(8-10-18)25-19(28)15-5-4-6-17(11-15)26-21(23)24/h4-11,13-14H,12H2,1-3H3,(H,25,28)(H,29,30)(H4,23,24,26)/t14-/m0/s1. The SMILES string of the molecule is CC(C)COC(=O)N(c1ccc(NC(=O)c2cccc(NC(=N)N)c2)cc1)[C@@H](C)C(=O)O. The van der Waals surface area contributed by atoms with Crippen LogP contribution in [0.5, 0.6) is 0 Å². The van der Waals surface area contributed by atoms with Crippen molar-refractivity contribution in [3.05, 3.63) is 54.1 Å². The predicted octanol–water partition coefficient (Wildman–Crippen LogP) is 3.32.